The zero-order chi connectivity index (χ0) is 14.2. The summed E-state index contributed by atoms with van der Waals surface area (Å²) in [5.41, 5.74) is 2.30. The molecular formula is C15H21IN4S. The van der Waals surface area contributed by atoms with E-state index >= 15 is 0 Å². The molecule has 114 valence electrons. The number of nitrogens with one attached hydrogen (secondary N) is 2. The van der Waals surface area contributed by atoms with E-state index in [1.165, 1.54) is 10.6 Å². The molecule has 0 radical (unpaired) electrons. The number of benzene rings is 1. The largest absolute Gasteiger partial charge is 0.352 e. The molecule has 6 heteroatoms. The second-order valence-corrected chi connectivity index (χ2v) is 5.29. The first-order valence-electron chi connectivity index (χ1n) is 6.73. The van der Waals surface area contributed by atoms with Crippen LogP contribution in [0.5, 0.6) is 0 Å². The molecule has 0 atom stereocenters. The molecule has 0 fully saturated rings. The van der Waals surface area contributed by atoms with Crippen LogP contribution in [0.3, 0.4) is 0 Å². The van der Waals surface area contributed by atoms with Crippen LogP contribution in [-0.4, -0.2) is 18.0 Å². The lowest BCUT2D eigenvalue weighted by molar-refractivity contribution is 0.795. The molecule has 1 aromatic carbocycles. The van der Waals surface area contributed by atoms with Gasteiger partial charge in [0.05, 0.1) is 17.2 Å². The predicted molar refractivity (Wildman–Crippen MR) is 100 cm³/mol. The smallest absolute Gasteiger partial charge is 0.191 e. The van der Waals surface area contributed by atoms with E-state index in [4.69, 9.17) is 0 Å². The summed E-state index contributed by atoms with van der Waals surface area (Å²) in [5.74, 6) is 0.792. The van der Waals surface area contributed by atoms with Gasteiger partial charge in [-0.15, -0.1) is 35.3 Å². The van der Waals surface area contributed by atoms with Crippen LogP contribution in [0.25, 0.3) is 0 Å². The van der Waals surface area contributed by atoms with Gasteiger partial charge in [-0.05, 0) is 12.0 Å². The third-order valence-corrected chi connectivity index (χ3v) is 3.91. The number of thiazole rings is 1. The van der Waals surface area contributed by atoms with Gasteiger partial charge in [0.1, 0.15) is 0 Å². The standard InChI is InChI=1S/C15H20N4S.HI/c1-3-14-19-13(11-20-14)10-18-15(16-2)17-9-12-7-5-4-6-8-12;/h4-8,11H,3,9-10H2,1-2H3,(H2,16,17,18);1H. The minimum absolute atomic E-state index is 0. The third-order valence-electron chi connectivity index (χ3n) is 2.87. The van der Waals surface area contributed by atoms with Gasteiger partial charge >= 0.3 is 0 Å². The summed E-state index contributed by atoms with van der Waals surface area (Å²) >= 11 is 1.71. The van der Waals surface area contributed by atoms with Gasteiger partial charge in [-0.25, -0.2) is 4.98 Å². The summed E-state index contributed by atoms with van der Waals surface area (Å²) < 4.78 is 0. The summed E-state index contributed by atoms with van der Waals surface area (Å²) in [6, 6.07) is 10.3. The van der Waals surface area contributed by atoms with E-state index in [0.717, 1.165) is 24.6 Å². The number of rotatable bonds is 5. The average molecular weight is 416 g/mol. The maximum atomic E-state index is 4.53. The van der Waals surface area contributed by atoms with E-state index < -0.39 is 0 Å². The molecule has 0 aliphatic heterocycles. The van der Waals surface area contributed by atoms with Crippen LogP contribution in [0.4, 0.5) is 0 Å². The number of nitrogens with zero attached hydrogens (tertiary/aromatic N) is 2. The maximum absolute atomic E-state index is 4.53. The summed E-state index contributed by atoms with van der Waals surface area (Å²) in [6.07, 6.45) is 0.992. The van der Waals surface area contributed by atoms with Crippen LogP contribution in [0, 0.1) is 0 Å². The molecular weight excluding hydrogens is 395 g/mol. The fraction of sp³-hybridized carbons (Fsp3) is 0.333. The van der Waals surface area contributed by atoms with Gasteiger partial charge < -0.3 is 10.6 Å². The van der Waals surface area contributed by atoms with Crippen molar-refractivity contribution in [3.8, 4) is 0 Å². The van der Waals surface area contributed by atoms with Gasteiger partial charge in [0, 0.05) is 19.0 Å². The van der Waals surface area contributed by atoms with Crippen LogP contribution in [-0.2, 0) is 19.5 Å². The predicted octanol–water partition coefficient (Wildman–Crippen LogP) is 3.19. The Labute approximate surface area is 147 Å². The fourth-order valence-electron chi connectivity index (χ4n) is 1.77. The van der Waals surface area contributed by atoms with Crippen LogP contribution in [0.1, 0.15) is 23.2 Å². The third kappa shape index (κ3) is 6.01. The Morgan fingerprint density at radius 1 is 1.19 bits per heavy atom. The number of hydrogen-bond acceptors (Lipinski definition) is 3. The molecule has 4 nitrogen and oxygen atoms in total. The topological polar surface area (TPSA) is 49.3 Å². The summed E-state index contributed by atoms with van der Waals surface area (Å²) in [4.78, 5) is 8.74. The van der Waals surface area contributed by atoms with E-state index in [9.17, 15) is 0 Å². The minimum Gasteiger partial charge on any atom is -0.352 e. The first-order valence-corrected chi connectivity index (χ1v) is 7.61. The zero-order valence-electron chi connectivity index (χ0n) is 12.3. The first-order chi connectivity index (χ1) is 9.81. The highest BCUT2D eigenvalue weighted by atomic mass is 127. The molecule has 0 aliphatic carbocycles. The average Bonchev–Trinajstić information content (AvgIpc) is 2.96. The molecule has 2 N–H and O–H groups in total. The van der Waals surface area contributed by atoms with Gasteiger partial charge in [0.2, 0.25) is 0 Å². The second-order valence-electron chi connectivity index (χ2n) is 4.35. The molecule has 0 bridgehead atoms. The molecule has 2 aromatic rings. The Bertz CT molecular complexity index is 554. The quantitative estimate of drug-likeness (QED) is 0.447. The number of aliphatic imine (C=N–C) groups is 1. The monoisotopic (exact) mass is 416 g/mol. The van der Waals surface area contributed by atoms with Crippen molar-refractivity contribution < 1.29 is 0 Å². The van der Waals surface area contributed by atoms with E-state index in [2.05, 4.69) is 45.0 Å². The number of aromatic nitrogens is 1. The number of halogens is 1. The van der Waals surface area contributed by atoms with Gasteiger partial charge in [-0.3, -0.25) is 4.99 Å². The Hall–Kier alpha value is -1.15. The van der Waals surface area contributed by atoms with Crippen molar-refractivity contribution in [3.63, 3.8) is 0 Å². The Morgan fingerprint density at radius 3 is 2.52 bits per heavy atom. The molecule has 0 saturated heterocycles. The molecule has 2 rings (SSSR count). The van der Waals surface area contributed by atoms with E-state index in [-0.39, 0.29) is 24.0 Å². The van der Waals surface area contributed by atoms with Crippen LogP contribution in [0.2, 0.25) is 0 Å². The van der Waals surface area contributed by atoms with Gasteiger partial charge in [0.15, 0.2) is 5.96 Å². The normalized spacial score (nSPS) is 10.9. The Kier molecular flexibility index (Phi) is 8.29. The molecule has 0 spiro atoms. The van der Waals surface area contributed by atoms with Crippen molar-refractivity contribution in [2.75, 3.05) is 7.05 Å². The molecule has 0 saturated carbocycles. The van der Waals surface area contributed by atoms with Gasteiger partial charge in [-0.2, -0.15) is 0 Å². The van der Waals surface area contributed by atoms with E-state index in [0.29, 0.717) is 6.54 Å². The maximum Gasteiger partial charge on any atom is 0.191 e. The van der Waals surface area contributed by atoms with E-state index in [1.54, 1.807) is 18.4 Å². The molecule has 0 unspecified atom stereocenters. The summed E-state index contributed by atoms with van der Waals surface area (Å²) in [7, 11) is 1.78. The molecule has 21 heavy (non-hydrogen) atoms. The molecule has 1 aromatic heterocycles. The van der Waals surface area contributed by atoms with Crippen LogP contribution < -0.4 is 10.6 Å². The lowest BCUT2D eigenvalue weighted by Crippen LogP contribution is -2.36. The lowest BCUT2D eigenvalue weighted by atomic mass is 10.2. The highest BCUT2D eigenvalue weighted by molar-refractivity contribution is 14.0. The summed E-state index contributed by atoms with van der Waals surface area (Å²) in [6.45, 7) is 3.58. The zero-order valence-corrected chi connectivity index (χ0v) is 15.4. The van der Waals surface area contributed by atoms with Crippen molar-refractivity contribution in [1.29, 1.82) is 0 Å². The fourth-order valence-corrected chi connectivity index (χ4v) is 2.51. The second kappa shape index (κ2) is 9.73. The van der Waals surface area contributed by atoms with Gasteiger partial charge in [0.25, 0.3) is 0 Å². The molecule has 1 heterocycles. The molecule has 0 aliphatic rings. The minimum atomic E-state index is 0. The summed E-state index contributed by atoms with van der Waals surface area (Å²) in [5, 5.41) is 9.84. The Balaban J connectivity index is 0.00000220. The van der Waals surface area contributed by atoms with Crippen LogP contribution in [0.15, 0.2) is 40.7 Å². The van der Waals surface area contributed by atoms with E-state index in [1.807, 2.05) is 18.2 Å². The van der Waals surface area contributed by atoms with Crippen molar-refractivity contribution in [1.82, 2.24) is 15.6 Å². The van der Waals surface area contributed by atoms with Gasteiger partial charge in [-0.1, -0.05) is 37.3 Å². The number of guanidine groups is 1. The number of aryl methyl sites for hydroxylation is 1. The van der Waals surface area contributed by atoms with Crippen molar-refractivity contribution in [3.05, 3.63) is 52.0 Å². The lowest BCUT2D eigenvalue weighted by Gasteiger charge is -2.10. The van der Waals surface area contributed by atoms with Crippen molar-refractivity contribution in [2.45, 2.75) is 26.4 Å². The highest BCUT2D eigenvalue weighted by Gasteiger charge is 2.02. The van der Waals surface area contributed by atoms with Crippen molar-refractivity contribution >= 4 is 41.3 Å². The Morgan fingerprint density at radius 2 is 1.90 bits per heavy atom. The molecule has 0 amide bonds. The van der Waals surface area contributed by atoms with Crippen molar-refractivity contribution in [2.24, 2.45) is 4.99 Å². The first kappa shape index (κ1) is 17.9. The highest BCUT2D eigenvalue weighted by Crippen LogP contribution is 2.09. The number of hydrogen-bond donors (Lipinski definition) is 2. The van der Waals surface area contributed by atoms with Crippen LogP contribution >= 0.6 is 35.3 Å². The SMILES string of the molecule is CCc1nc(CNC(=NC)NCc2ccccc2)cs1.I.